The number of benzene rings is 2. The van der Waals surface area contributed by atoms with Crippen molar-refractivity contribution in [2.75, 3.05) is 23.9 Å². The van der Waals surface area contributed by atoms with Crippen molar-refractivity contribution in [2.24, 2.45) is 0 Å². The van der Waals surface area contributed by atoms with E-state index in [1.807, 2.05) is 0 Å². The lowest BCUT2D eigenvalue weighted by Gasteiger charge is -2.55. The van der Waals surface area contributed by atoms with Crippen LogP contribution in [0.4, 0.5) is 11.4 Å². The normalized spacial score (nSPS) is 29.0. The second-order valence-electron chi connectivity index (χ2n) is 8.30. The fourth-order valence-corrected chi connectivity index (χ4v) is 5.95. The van der Waals surface area contributed by atoms with Gasteiger partial charge in [0, 0.05) is 36.6 Å². The summed E-state index contributed by atoms with van der Waals surface area (Å²) in [5, 5.41) is 0. The Kier molecular flexibility index (Phi) is 2.80. The summed E-state index contributed by atoms with van der Waals surface area (Å²) >= 11 is 0. The average molecular weight is 342 g/mol. The smallest absolute Gasteiger partial charge is 0.0902 e. The van der Waals surface area contributed by atoms with Gasteiger partial charge in [-0.05, 0) is 62.1 Å². The highest BCUT2D eigenvalue weighted by Crippen LogP contribution is 2.64. The third-order valence-corrected chi connectivity index (χ3v) is 7.65. The summed E-state index contributed by atoms with van der Waals surface area (Å²) in [5.41, 5.74) is 11.0. The molecule has 2 nitrogen and oxygen atoms in total. The Labute approximate surface area is 156 Å². The fraction of sp³-hybridized carbons (Fsp3) is 0.333. The number of para-hydroxylation sites is 2. The van der Waals surface area contributed by atoms with E-state index in [0.29, 0.717) is 0 Å². The number of hydrogen-bond acceptors (Lipinski definition) is 2. The molecule has 0 radical (unpaired) electrons. The molecular weight excluding hydrogens is 316 g/mol. The summed E-state index contributed by atoms with van der Waals surface area (Å²) in [7, 11) is 4.53. The van der Waals surface area contributed by atoms with E-state index in [9.17, 15) is 0 Å². The molecule has 2 atom stereocenters. The highest BCUT2D eigenvalue weighted by atomic mass is 15.3. The third kappa shape index (κ3) is 1.40. The van der Waals surface area contributed by atoms with Gasteiger partial charge in [0.2, 0.25) is 0 Å². The van der Waals surface area contributed by atoms with Gasteiger partial charge in [0.15, 0.2) is 0 Å². The summed E-state index contributed by atoms with van der Waals surface area (Å²) in [6.07, 6.45) is 0. The van der Waals surface area contributed by atoms with Crippen LogP contribution in [0.15, 0.2) is 59.7 Å². The summed E-state index contributed by atoms with van der Waals surface area (Å²) in [4.78, 5) is 5.02. The molecule has 0 fully saturated rings. The largest absolute Gasteiger partial charge is 0.362 e. The molecule has 26 heavy (non-hydrogen) atoms. The minimum Gasteiger partial charge on any atom is -0.362 e. The zero-order chi connectivity index (χ0) is 18.4. The first-order chi connectivity index (χ1) is 12.3. The molecule has 5 rings (SSSR count). The van der Waals surface area contributed by atoms with Gasteiger partial charge in [-0.15, -0.1) is 0 Å². The van der Waals surface area contributed by atoms with E-state index in [2.05, 4.69) is 100 Å². The van der Waals surface area contributed by atoms with Crippen LogP contribution in [-0.2, 0) is 0 Å². The topological polar surface area (TPSA) is 6.48 Å². The molecule has 2 heterocycles. The molecule has 3 aliphatic rings. The van der Waals surface area contributed by atoms with Gasteiger partial charge in [0.05, 0.1) is 11.1 Å². The SMILES string of the molecule is CC1=C2c3ccccc3N(C)C2(C)C2(C)C(=C1C)c1ccccc1N2C. The van der Waals surface area contributed by atoms with Gasteiger partial charge in [0.1, 0.15) is 0 Å². The molecule has 2 aromatic rings. The maximum Gasteiger partial charge on any atom is 0.0902 e. The molecule has 0 bridgehead atoms. The molecule has 2 aromatic carbocycles. The molecule has 2 unspecified atom stereocenters. The molecule has 0 N–H and O–H groups in total. The summed E-state index contributed by atoms with van der Waals surface area (Å²) < 4.78 is 0. The van der Waals surface area contributed by atoms with E-state index in [4.69, 9.17) is 0 Å². The molecule has 0 amide bonds. The molecule has 1 aliphatic carbocycles. The molecule has 0 saturated carbocycles. The van der Waals surface area contributed by atoms with Crippen LogP contribution in [0.2, 0.25) is 0 Å². The van der Waals surface area contributed by atoms with Crippen molar-refractivity contribution in [3.63, 3.8) is 0 Å². The van der Waals surface area contributed by atoms with Gasteiger partial charge in [-0.25, -0.2) is 0 Å². The molecular formula is C24H26N2. The lowest BCUT2D eigenvalue weighted by atomic mass is 9.62. The number of hydrogen-bond donors (Lipinski definition) is 0. The number of nitrogens with zero attached hydrogens (tertiary/aromatic N) is 2. The molecule has 2 heteroatoms. The average Bonchev–Trinajstić information content (AvgIpc) is 3.03. The van der Waals surface area contributed by atoms with Gasteiger partial charge < -0.3 is 9.80 Å². The van der Waals surface area contributed by atoms with Crippen molar-refractivity contribution >= 4 is 22.5 Å². The van der Waals surface area contributed by atoms with E-state index >= 15 is 0 Å². The fourth-order valence-electron chi connectivity index (χ4n) is 5.95. The first kappa shape index (κ1) is 15.7. The van der Waals surface area contributed by atoms with E-state index in [1.54, 1.807) is 0 Å². The van der Waals surface area contributed by atoms with Crippen LogP contribution in [0.3, 0.4) is 0 Å². The maximum atomic E-state index is 2.51. The molecule has 0 spiro atoms. The predicted octanol–water partition coefficient (Wildman–Crippen LogP) is 5.36. The van der Waals surface area contributed by atoms with Crippen LogP contribution in [0.5, 0.6) is 0 Å². The summed E-state index contributed by atoms with van der Waals surface area (Å²) in [6.45, 7) is 9.49. The molecule has 132 valence electrons. The van der Waals surface area contributed by atoms with Crippen LogP contribution in [0.1, 0.15) is 38.8 Å². The Balaban J connectivity index is 1.93. The van der Waals surface area contributed by atoms with Gasteiger partial charge >= 0.3 is 0 Å². The highest BCUT2D eigenvalue weighted by molar-refractivity contribution is 6.07. The van der Waals surface area contributed by atoms with Crippen molar-refractivity contribution in [3.05, 3.63) is 70.8 Å². The second kappa shape index (κ2) is 4.62. The monoisotopic (exact) mass is 342 g/mol. The Hall–Kier alpha value is -2.48. The third-order valence-electron chi connectivity index (χ3n) is 7.65. The Bertz CT molecular complexity index is 945. The highest BCUT2D eigenvalue weighted by Gasteiger charge is 2.63. The predicted molar refractivity (Wildman–Crippen MR) is 112 cm³/mol. The number of likely N-dealkylation sites (N-methyl/N-ethyl adjacent to an activating group) is 2. The van der Waals surface area contributed by atoms with Crippen molar-refractivity contribution in [1.82, 2.24) is 0 Å². The van der Waals surface area contributed by atoms with E-state index < -0.39 is 0 Å². The van der Waals surface area contributed by atoms with E-state index in [1.165, 1.54) is 44.8 Å². The van der Waals surface area contributed by atoms with Gasteiger partial charge in [-0.2, -0.15) is 0 Å². The first-order valence-electron chi connectivity index (χ1n) is 9.44. The van der Waals surface area contributed by atoms with E-state index in [0.717, 1.165) is 0 Å². The van der Waals surface area contributed by atoms with Gasteiger partial charge in [-0.3, -0.25) is 0 Å². The number of rotatable bonds is 0. The molecule has 0 saturated heterocycles. The van der Waals surface area contributed by atoms with E-state index in [-0.39, 0.29) is 11.1 Å². The first-order valence-corrected chi connectivity index (χ1v) is 9.44. The molecule has 0 aromatic heterocycles. The summed E-state index contributed by atoms with van der Waals surface area (Å²) in [6, 6.07) is 17.8. The van der Waals surface area contributed by atoms with Crippen molar-refractivity contribution in [1.29, 1.82) is 0 Å². The van der Waals surface area contributed by atoms with Crippen LogP contribution in [0.25, 0.3) is 11.1 Å². The van der Waals surface area contributed by atoms with Gasteiger partial charge in [-0.1, -0.05) is 36.4 Å². The van der Waals surface area contributed by atoms with Crippen LogP contribution >= 0.6 is 0 Å². The number of anilines is 2. The maximum absolute atomic E-state index is 2.51. The number of fused-ring (bicyclic) bond motifs is 7. The van der Waals surface area contributed by atoms with Crippen molar-refractivity contribution in [3.8, 4) is 0 Å². The Morgan fingerprint density at radius 2 is 0.962 bits per heavy atom. The van der Waals surface area contributed by atoms with Crippen LogP contribution in [-0.4, -0.2) is 25.2 Å². The Morgan fingerprint density at radius 1 is 0.615 bits per heavy atom. The molecule has 2 aliphatic heterocycles. The Morgan fingerprint density at radius 3 is 1.35 bits per heavy atom. The van der Waals surface area contributed by atoms with Gasteiger partial charge in [0.25, 0.3) is 0 Å². The standard InChI is InChI=1S/C24H26N2/c1-15-16(2)22-18-12-8-10-14-20(18)26(6)24(22,4)23(3)21(15)17-11-7-9-13-19(17)25(23)5/h7-14H,1-6H3. The van der Waals surface area contributed by atoms with Crippen molar-refractivity contribution < 1.29 is 0 Å². The minimum absolute atomic E-state index is 0.122. The summed E-state index contributed by atoms with van der Waals surface area (Å²) in [5.74, 6) is 0. The second-order valence-corrected chi connectivity index (χ2v) is 8.30. The lowest BCUT2D eigenvalue weighted by Crippen LogP contribution is -2.66. The van der Waals surface area contributed by atoms with Crippen LogP contribution < -0.4 is 9.80 Å². The lowest BCUT2D eigenvalue weighted by molar-refractivity contribution is 0.391. The van der Waals surface area contributed by atoms with Crippen molar-refractivity contribution in [2.45, 2.75) is 38.8 Å². The zero-order valence-electron chi connectivity index (χ0n) is 16.5. The minimum atomic E-state index is -0.122. The van der Waals surface area contributed by atoms with Crippen LogP contribution in [0, 0.1) is 0 Å². The quantitative estimate of drug-likeness (QED) is 0.635. The number of allylic oxidation sites excluding steroid dienone is 2. The zero-order valence-corrected chi connectivity index (χ0v) is 16.5.